The summed E-state index contributed by atoms with van der Waals surface area (Å²) in [6.45, 7) is 8.64. The van der Waals surface area contributed by atoms with Crippen LogP contribution in [0.25, 0.3) is 0 Å². The Balaban J connectivity index is 0.00000192. The Bertz CT molecular complexity index is 471. The summed E-state index contributed by atoms with van der Waals surface area (Å²) in [4.78, 5) is 9.87. The van der Waals surface area contributed by atoms with Gasteiger partial charge in [0.1, 0.15) is 5.76 Å². The molecule has 3 heterocycles. The molecule has 0 aliphatic carbocycles. The molecule has 2 saturated heterocycles. The van der Waals surface area contributed by atoms with Gasteiger partial charge in [-0.25, -0.2) is 0 Å². The molecule has 6 heteroatoms. The minimum Gasteiger partial charge on any atom is -0.469 e. The Kier molecular flexibility index (Phi) is 7.69. The molecule has 0 bridgehead atoms. The molecule has 1 unspecified atom stereocenters. The molecular weight excluding hydrogens is 403 g/mol. The summed E-state index contributed by atoms with van der Waals surface area (Å²) in [6.07, 6.45) is 6.60. The summed E-state index contributed by atoms with van der Waals surface area (Å²) < 4.78 is 5.38. The molecule has 0 saturated carbocycles. The van der Waals surface area contributed by atoms with Crippen LogP contribution in [0.2, 0.25) is 0 Å². The second-order valence-corrected chi connectivity index (χ2v) is 6.20. The van der Waals surface area contributed by atoms with Crippen LogP contribution in [0.4, 0.5) is 0 Å². The number of halogens is 1. The van der Waals surface area contributed by atoms with Crippen molar-refractivity contribution in [2.45, 2.75) is 38.6 Å². The molecule has 2 aliphatic rings. The van der Waals surface area contributed by atoms with Gasteiger partial charge in [-0.2, -0.15) is 0 Å². The lowest BCUT2D eigenvalue weighted by molar-refractivity contribution is 0.249. The summed E-state index contributed by atoms with van der Waals surface area (Å²) >= 11 is 0. The van der Waals surface area contributed by atoms with Gasteiger partial charge in [0.15, 0.2) is 5.96 Å². The molecule has 0 aromatic carbocycles. The number of hydrogen-bond donors (Lipinski definition) is 1. The van der Waals surface area contributed by atoms with Crippen molar-refractivity contribution in [2.24, 2.45) is 4.99 Å². The molecule has 130 valence electrons. The summed E-state index contributed by atoms with van der Waals surface area (Å²) in [7, 11) is 0. The van der Waals surface area contributed by atoms with E-state index in [4.69, 9.17) is 9.41 Å². The van der Waals surface area contributed by atoms with E-state index in [0.717, 1.165) is 50.4 Å². The highest BCUT2D eigenvalue weighted by molar-refractivity contribution is 14.0. The fraction of sp³-hybridized carbons (Fsp3) is 0.706. The average molecular weight is 432 g/mol. The van der Waals surface area contributed by atoms with Crippen molar-refractivity contribution in [2.75, 3.05) is 39.3 Å². The first-order valence-electron chi connectivity index (χ1n) is 8.66. The van der Waals surface area contributed by atoms with Crippen molar-refractivity contribution in [1.82, 2.24) is 15.1 Å². The van der Waals surface area contributed by atoms with E-state index >= 15 is 0 Å². The molecule has 0 spiro atoms. The predicted octanol–water partition coefficient (Wildman–Crippen LogP) is 2.58. The van der Waals surface area contributed by atoms with Gasteiger partial charge in [0.2, 0.25) is 0 Å². The van der Waals surface area contributed by atoms with Crippen LogP contribution in [0.3, 0.4) is 0 Å². The lowest BCUT2D eigenvalue weighted by Gasteiger charge is -2.25. The highest BCUT2D eigenvalue weighted by Crippen LogP contribution is 2.20. The summed E-state index contributed by atoms with van der Waals surface area (Å²) in [5.74, 6) is 2.08. The number of nitrogens with zero attached hydrogens (tertiary/aromatic N) is 3. The van der Waals surface area contributed by atoms with Crippen LogP contribution in [-0.4, -0.2) is 61.1 Å². The molecule has 1 aromatic heterocycles. The van der Waals surface area contributed by atoms with Crippen molar-refractivity contribution in [3.8, 4) is 0 Å². The standard InChI is InChI=1S/C17H28N4O.HI/c1-2-18-17(19-9-7-16-6-5-13-22-16)21-12-8-15(14-21)20-10-3-4-11-20;/h5-6,13,15H,2-4,7-12,14H2,1H3,(H,18,19);1H. The highest BCUT2D eigenvalue weighted by atomic mass is 127. The Morgan fingerprint density at radius 2 is 2.17 bits per heavy atom. The third-order valence-electron chi connectivity index (χ3n) is 4.65. The molecule has 0 radical (unpaired) electrons. The first kappa shape index (κ1) is 18.6. The number of aliphatic imine (C=N–C) groups is 1. The van der Waals surface area contributed by atoms with E-state index in [1.807, 2.05) is 12.1 Å². The largest absolute Gasteiger partial charge is 0.469 e. The van der Waals surface area contributed by atoms with E-state index < -0.39 is 0 Å². The molecule has 1 aromatic rings. The number of likely N-dealkylation sites (tertiary alicyclic amines) is 2. The minimum atomic E-state index is 0. The topological polar surface area (TPSA) is 44.0 Å². The smallest absolute Gasteiger partial charge is 0.193 e. The van der Waals surface area contributed by atoms with Gasteiger partial charge in [0.05, 0.1) is 6.26 Å². The normalized spacial score (nSPS) is 22.4. The lowest BCUT2D eigenvalue weighted by atomic mass is 10.2. The summed E-state index contributed by atoms with van der Waals surface area (Å²) in [5, 5.41) is 3.44. The van der Waals surface area contributed by atoms with Gasteiger partial charge in [0, 0.05) is 38.6 Å². The van der Waals surface area contributed by atoms with Gasteiger partial charge in [-0.3, -0.25) is 9.89 Å². The van der Waals surface area contributed by atoms with E-state index in [0.29, 0.717) is 0 Å². The van der Waals surface area contributed by atoms with Gasteiger partial charge in [-0.1, -0.05) is 0 Å². The van der Waals surface area contributed by atoms with Crippen LogP contribution in [0.1, 0.15) is 31.9 Å². The fourth-order valence-corrected chi connectivity index (χ4v) is 3.49. The lowest BCUT2D eigenvalue weighted by Crippen LogP contribution is -2.42. The second-order valence-electron chi connectivity index (χ2n) is 6.20. The molecule has 1 N–H and O–H groups in total. The third-order valence-corrected chi connectivity index (χ3v) is 4.65. The zero-order valence-electron chi connectivity index (χ0n) is 14.0. The second kappa shape index (κ2) is 9.52. The first-order valence-corrected chi connectivity index (χ1v) is 8.66. The number of furan rings is 1. The molecule has 2 fully saturated rings. The van der Waals surface area contributed by atoms with Crippen LogP contribution in [-0.2, 0) is 6.42 Å². The van der Waals surface area contributed by atoms with Crippen molar-refractivity contribution in [3.63, 3.8) is 0 Å². The maximum Gasteiger partial charge on any atom is 0.193 e. The average Bonchev–Trinajstić information content (AvgIpc) is 3.27. The van der Waals surface area contributed by atoms with E-state index in [-0.39, 0.29) is 24.0 Å². The van der Waals surface area contributed by atoms with Gasteiger partial charge >= 0.3 is 0 Å². The zero-order valence-corrected chi connectivity index (χ0v) is 16.4. The molecule has 3 rings (SSSR count). The monoisotopic (exact) mass is 432 g/mol. The van der Waals surface area contributed by atoms with E-state index in [1.54, 1.807) is 6.26 Å². The Labute approximate surface area is 156 Å². The fourth-order valence-electron chi connectivity index (χ4n) is 3.49. The van der Waals surface area contributed by atoms with Crippen LogP contribution >= 0.6 is 24.0 Å². The van der Waals surface area contributed by atoms with Crippen LogP contribution in [0.5, 0.6) is 0 Å². The molecule has 2 aliphatic heterocycles. The summed E-state index contributed by atoms with van der Waals surface area (Å²) in [5.41, 5.74) is 0. The van der Waals surface area contributed by atoms with Crippen molar-refractivity contribution in [3.05, 3.63) is 24.2 Å². The van der Waals surface area contributed by atoms with Crippen LogP contribution < -0.4 is 5.32 Å². The van der Waals surface area contributed by atoms with Crippen molar-refractivity contribution >= 4 is 29.9 Å². The highest BCUT2D eigenvalue weighted by Gasteiger charge is 2.30. The third kappa shape index (κ3) is 5.11. The Morgan fingerprint density at radius 1 is 1.35 bits per heavy atom. The summed E-state index contributed by atoms with van der Waals surface area (Å²) in [6, 6.07) is 4.67. The van der Waals surface area contributed by atoms with E-state index in [9.17, 15) is 0 Å². The Morgan fingerprint density at radius 3 is 2.87 bits per heavy atom. The van der Waals surface area contributed by atoms with Gasteiger partial charge in [0.25, 0.3) is 0 Å². The van der Waals surface area contributed by atoms with Gasteiger partial charge in [-0.05, 0) is 51.4 Å². The SMILES string of the molecule is CCNC(=NCCc1ccco1)N1CCC(N2CCCC2)C1.I. The first-order chi connectivity index (χ1) is 10.9. The van der Waals surface area contributed by atoms with Gasteiger partial charge in [-0.15, -0.1) is 24.0 Å². The molecule has 23 heavy (non-hydrogen) atoms. The van der Waals surface area contributed by atoms with E-state index in [1.165, 1.54) is 32.4 Å². The number of guanidine groups is 1. The molecule has 5 nitrogen and oxygen atoms in total. The molecule has 0 amide bonds. The molecular formula is C17H29IN4O. The maximum atomic E-state index is 5.38. The minimum absolute atomic E-state index is 0. The predicted molar refractivity (Wildman–Crippen MR) is 105 cm³/mol. The maximum absolute atomic E-state index is 5.38. The number of nitrogens with one attached hydrogen (secondary N) is 1. The van der Waals surface area contributed by atoms with Crippen LogP contribution in [0, 0.1) is 0 Å². The van der Waals surface area contributed by atoms with Gasteiger partial charge < -0.3 is 14.6 Å². The van der Waals surface area contributed by atoms with E-state index in [2.05, 4.69) is 22.0 Å². The quantitative estimate of drug-likeness (QED) is 0.442. The van der Waals surface area contributed by atoms with Crippen molar-refractivity contribution in [1.29, 1.82) is 0 Å². The van der Waals surface area contributed by atoms with Crippen LogP contribution in [0.15, 0.2) is 27.8 Å². The Hall–Kier alpha value is -0.760. The zero-order chi connectivity index (χ0) is 15.2. The molecule has 1 atom stereocenters. The number of hydrogen-bond acceptors (Lipinski definition) is 3. The van der Waals surface area contributed by atoms with Crippen molar-refractivity contribution < 1.29 is 4.42 Å². The number of rotatable bonds is 5.